The van der Waals surface area contributed by atoms with Gasteiger partial charge in [-0.05, 0) is 36.6 Å². The lowest BCUT2D eigenvalue weighted by Crippen LogP contribution is -2.43. The minimum Gasteiger partial charge on any atom is -0.324 e. The first-order valence-corrected chi connectivity index (χ1v) is 8.80. The highest BCUT2D eigenvalue weighted by molar-refractivity contribution is 6.31. The van der Waals surface area contributed by atoms with Crippen LogP contribution in [0.15, 0.2) is 48.5 Å². The Kier molecular flexibility index (Phi) is 5.39. The van der Waals surface area contributed by atoms with Crippen molar-refractivity contribution >= 4 is 29.1 Å². The number of hydrogen-bond acceptors (Lipinski definition) is 2. The van der Waals surface area contributed by atoms with Crippen LogP contribution in [-0.4, -0.2) is 29.9 Å². The largest absolute Gasteiger partial charge is 0.324 e. The summed E-state index contributed by atoms with van der Waals surface area (Å²) < 4.78 is 0. The molecule has 0 saturated carbocycles. The number of aryl methyl sites for hydroxylation is 1. The topological polar surface area (TPSA) is 40.6 Å². The van der Waals surface area contributed by atoms with E-state index in [1.807, 2.05) is 49.4 Å². The summed E-state index contributed by atoms with van der Waals surface area (Å²) in [7, 11) is 0. The van der Waals surface area contributed by atoms with Gasteiger partial charge in [-0.25, -0.2) is 0 Å². The van der Waals surface area contributed by atoms with Crippen molar-refractivity contribution in [1.82, 2.24) is 4.90 Å². The molecule has 1 saturated heterocycles. The summed E-state index contributed by atoms with van der Waals surface area (Å²) in [6, 6.07) is 15.2. The van der Waals surface area contributed by atoms with Gasteiger partial charge in [0.05, 0.1) is 6.42 Å². The number of nitrogens with zero attached hydrogens (tertiary/aromatic N) is 2. The number of carbonyl (C=O) groups excluding carboxylic acids is 2. The normalized spacial score (nSPS) is 14.0. The first kappa shape index (κ1) is 17.5. The van der Waals surface area contributed by atoms with E-state index in [0.717, 1.165) is 23.2 Å². The van der Waals surface area contributed by atoms with Crippen LogP contribution in [0.5, 0.6) is 0 Å². The summed E-state index contributed by atoms with van der Waals surface area (Å²) in [5.74, 6) is 0.0431. The number of halogens is 1. The van der Waals surface area contributed by atoms with E-state index in [1.165, 1.54) is 0 Å². The zero-order valence-electron chi connectivity index (χ0n) is 14.2. The Morgan fingerprint density at radius 2 is 1.96 bits per heavy atom. The van der Waals surface area contributed by atoms with Crippen LogP contribution in [0.3, 0.4) is 0 Å². The zero-order valence-corrected chi connectivity index (χ0v) is 15.0. The highest BCUT2D eigenvalue weighted by Crippen LogP contribution is 2.25. The predicted octanol–water partition coefficient (Wildman–Crippen LogP) is 3.80. The number of likely N-dealkylation sites (tertiary alicyclic amines) is 1. The Bertz CT molecular complexity index is 777. The fourth-order valence-electron chi connectivity index (χ4n) is 2.94. The lowest BCUT2D eigenvalue weighted by atomic mass is 10.1. The van der Waals surface area contributed by atoms with E-state index in [0.29, 0.717) is 18.0 Å². The van der Waals surface area contributed by atoms with Gasteiger partial charge in [0.2, 0.25) is 11.8 Å². The molecule has 2 aromatic carbocycles. The van der Waals surface area contributed by atoms with Crippen LogP contribution in [0.4, 0.5) is 5.69 Å². The van der Waals surface area contributed by atoms with Crippen molar-refractivity contribution in [3.05, 3.63) is 64.7 Å². The second kappa shape index (κ2) is 7.70. The van der Waals surface area contributed by atoms with Gasteiger partial charge >= 0.3 is 0 Å². The van der Waals surface area contributed by atoms with Crippen molar-refractivity contribution in [2.75, 3.05) is 18.1 Å². The maximum atomic E-state index is 12.9. The third kappa shape index (κ3) is 4.20. The van der Waals surface area contributed by atoms with Crippen molar-refractivity contribution < 1.29 is 9.59 Å². The molecule has 0 aromatic heterocycles. The molecule has 25 heavy (non-hydrogen) atoms. The molecular weight excluding hydrogens is 336 g/mol. The molecule has 0 spiro atoms. The molecule has 0 bridgehead atoms. The van der Waals surface area contributed by atoms with Crippen LogP contribution >= 0.6 is 11.6 Å². The summed E-state index contributed by atoms with van der Waals surface area (Å²) in [5.41, 5.74) is 2.62. The molecule has 1 aliphatic heterocycles. The Hall–Kier alpha value is -2.33. The number of benzene rings is 2. The molecule has 1 fully saturated rings. The first-order chi connectivity index (χ1) is 12.0. The molecule has 0 aliphatic carbocycles. The Balaban J connectivity index is 1.86. The minimum atomic E-state index is -0.0502. The van der Waals surface area contributed by atoms with Gasteiger partial charge in [-0.1, -0.05) is 48.0 Å². The van der Waals surface area contributed by atoms with E-state index in [1.54, 1.807) is 15.9 Å². The van der Waals surface area contributed by atoms with E-state index in [2.05, 4.69) is 0 Å². The van der Waals surface area contributed by atoms with Crippen molar-refractivity contribution in [3.63, 3.8) is 0 Å². The van der Waals surface area contributed by atoms with Gasteiger partial charge in [0, 0.05) is 23.7 Å². The van der Waals surface area contributed by atoms with Crippen molar-refractivity contribution in [3.8, 4) is 0 Å². The lowest BCUT2D eigenvalue weighted by molar-refractivity contribution is -0.128. The van der Waals surface area contributed by atoms with E-state index in [9.17, 15) is 9.59 Å². The van der Waals surface area contributed by atoms with Gasteiger partial charge < -0.3 is 4.90 Å². The molecule has 3 rings (SSSR count). The van der Waals surface area contributed by atoms with E-state index < -0.39 is 0 Å². The fourth-order valence-corrected chi connectivity index (χ4v) is 3.12. The molecule has 1 aliphatic rings. The monoisotopic (exact) mass is 356 g/mol. The maximum absolute atomic E-state index is 12.9. The first-order valence-electron chi connectivity index (χ1n) is 8.43. The standard InChI is InChI=1S/C20H21ClN2O2/c1-15-9-10-17(13-18(15)21)23(14-22-11-5-8-19(22)24)20(25)12-16-6-3-2-4-7-16/h2-4,6-7,9-10,13H,5,8,11-12,14H2,1H3. The second-order valence-corrected chi connectivity index (χ2v) is 6.73. The zero-order chi connectivity index (χ0) is 17.8. The van der Waals surface area contributed by atoms with Crippen LogP contribution in [0, 0.1) is 6.92 Å². The van der Waals surface area contributed by atoms with Gasteiger partial charge in [0.15, 0.2) is 0 Å². The van der Waals surface area contributed by atoms with Crippen molar-refractivity contribution in [2.45, 2.75) is 26.2 Å². The van der Waals surface area contributed by atoms with Gasteiger partial charge in [0.1, 0.15) is 6.67 Å². The van der Waals surface area contributed by atoms with Crippen molar-refractivity contribution in [2.24, 2.45) is 0 Å². The lowest BCUT2D eigenvalue weighted by Gasteiger charge is -2.28. The summed E-state index contributed by atoms with van der Waals surface area (Å²) >= 11 is 6.25. The molecule has 2 aromatic rings. The molecular formula is C20H21ClN2O2. The highest BCUT2D eigenvalue weighted by atomic mass is 35.5. The Morgan fingerprint density at radius 1 is 1.20 bits per heavy atom. The fraction of sp³-hybridized carbons (Fsp3) is 0.300. The van der Waals surface area contributed by atoms with Gasteiger partial charge in [-0.2, -0.15) is 0 Å². The number of amides is 2. The molecule has 2 amide bonds. The van der Waals surface area contributed by atoms with Crippen LogP contribution in [0.25, 0.3) is 0 Å². The molecule has 1 heterocycles. The quantitative estimate of drug-likeness (QED) is 0.817. The minimum absolute atomic E-state index is 0.0502. The number of hydrogen-bond donors (Lipinski definition) is 0. The van der Waals surface area contributed by atoms with Crippen LogP contribution in [0.2, 0.25) is 5.02 Å². The van der Waals surface area contributed by atoms with Crippen LogP contribution in [0.1, 0.15) is 24.0 Å². The van der Waals surface area contributed by atoms with E-state index in [-0.39, 0.29) is 24.9 Å². The number of carbonyl (C=O) groups is 2. The SMILES string of the molecule is Cc1ccc(N(CN2CCCC2=O)C(=O)Cc2ccccc2)cc1Cl. The smallest absolute Gasteiger partial charge is 0.232 e. The van der Waals surface area contributed by atoms with E-state index in [4.69, 9.17) is 11.6 Å². The summed E-state index contributed by atoms with van der Waals surface area (Å²) in [5, 5.41) is 0.614. The van der Waals surface area contributed by atoms with Crippen LogP contribution < -0.4 is 4.90 Å². The third-order valence-electron chi connectivity index (χ3n) is 4.45. The molecule has 5 heteroatoms. The van der Waals surface area contributed by atoms with E-state index >= 15 is 0 Å². The Labute approximate surface area is 153 Å². The molecule has 0 atom stereocenters. The second-order valence-electron chi connectivity index (χ2n) is 6.32. The Morgan fingerprint density at radius 3 is 2.60 bits per heavy atom. The molecule has 0 N–H and O–H groups in total. The van der Waals surface area contributed by atoms with Crippen molar-refractivity contribution in [1.29, 1.82) is 0 Å². The molecule has 0 radical (unpaired) electrons. The third-order valence-corrected chi connectivity index (χ3v) is 4.86. The summed E-state index contributed by atoms with van der Waals surface area (Å²) in [6.45, 7) is 2.88. The average Bonchev–Trinajstić information content (AvgIpc) is 3.01. The molecule has 130 valence electrons. The summed E-state index contributed by atoms with van der Waals surface area (Å²) in [4.78, 5) is 28.3. The molecule has 0 unspecified atom stereocenters. The van der Waals surface area contributed by atoms with Gasteiger partial charge in [0.25, 0.3) is 0 Å². The van der Waals surface area contributed by atoms with Crippen LogP contribution in [-0.2, 0) is 16.0 Å². The van der Waals surface area contributed by atoms with Gasteiger partial charge in [-0.15, -0.1) is 0 Å². The summed E-state index contributed by atoms with van der Waals surface area (Å²) in [6.07, 6.45) is 1.68. The predicted molar refractivity (Wildman–Crippen MR) is 99.6 cm³/mol. The average molecular weight is 357 g/mol. The molecule has 4 nitrogen and oxygen atoms in total. The highest BCUT2D eigenvalue weighted by Gasteiger charge is 2.26. The van der Waals surface area contributed by atoms with Gasteiger partial charge in [-0.3, -0.25) is 14.5 Å². The maximum Gasteiger partial charge on any atom is 0.232 e. The number of anilines is 1. The number of rotatable bonds is 5.